The van der Waals surface area contributed by atoms with E-state index in [0.29, 0.717) is 25.3 Å². The number of hydrogen-bond acceptors (Lipinski definition) is 5. The third-order valence-electron chi connectivity index (χ3n) is 5.79. The Morgan fingerprint density at radius 1 is 1.30 bits per heavy atom. The summed E-state index contributed by atoms with van der Waals surface area (Å²) in [5.74, 6) is 0.231. The topological polar surface area (TPSA) is 104 Å². The number of aromatic amines is 1. The van der Waals surface area contributed by atoms with Gasteiger partial charge in [0.1, 0.15) is 11.8 Å². The summed E-state index contributed by atoms with van der Waals surface area (Å²) in [6.07, 6.45) is 5.31. The number of rotatable bonds is 7. The number of nitrogens with zero attached hydrogens (tertiary/aromatic N) is 1. The van der Waals surface area contributed by atoms with Gasteiger partial charge in [0.15, 0.2) is 6.61 Å². The van der Waals surface area contributed by atoms with Gasteiger partial charge < -0.3 is 24.9 Å². The summed E-state index contributed by atoms with van der Waals surface area (Å²) < 4.78 is 10.9. The van der Waals surface area contributed by atoms with Crippen molar-refractivity contribution in [2.75, 3.05) is 32.9 Å². The monoisotopic (exact) mass is 473 g/mol. The predicted molar refractivity (Wildman–Crippen MR) is 125 cm³/mol. The summed E-state index contributed by atoms with van der Waals surface area (Å²) in [5, 5.41) is 13.5. The van der Waals surface area contributed by atoms with Gasteiger partial charge in [-0.3, -0.25) is 9.69 Å². The number of aliphatic hydroxyl groups is 1. The SMILES string of the molecule is CCOC(=O)N1CCc2c([nH]c3c2=CC(Cl)CC=3)C1c1ccc(OCC(=O)NCCO)cc1. The van der Waals surface area contributed by atoms with E-state index in [9.17, 15) is 9.59 Å². The maximum absolute atomic E-state index is 12.8. The average Bonchev–Trinajstić information content (AvgIpc) is 3.19. The van der Waals surface area contributed by atoms with Crippen LogP contribution in [0.15, 0.2) is 24.3 Å². The van der Waals surface area contributed by atoms with E-state index in [4.69, 9.17) is 26.2 Å². The number of carbonyl (C=O) groups excluding carboxylic acids is 2. The minimum Gasteiger partial charge on any atom is -0.484 e. The largest absolute Gasteiger partial charge is 0.484 e. The van der Waals surface area contributed by atoms with Crippen LogP contribution in [0.1, 0.15) is 36.2 Å². The normalized spacial score (nSPS) is 18.9. The molecule has 1 aromatic carbocycles. The molecule has 2 atom stereocenters. The second kappa shape index (κ2) is 10.3. The Morgan fingerprint density at radius 3 is 2.82 bits per heavy atom. The van der Waals surface area contributed by atoms with Crippen molar-refractivity contribution in [3.63, 3.8) is 0 Å². The molecule has 0 saturated carbocycles. The summed E-state index contributed by atoms with van der Waals surface area (Å²) in [4.78, 5) is 29.7. The quantitative estimate of drug-likeness (QED) is 0.524. The standard InChI is InChI=1S/C24H28ClN3O5/c1-2-32-24(31)28-11-9-18-19-13-16(25)5-8-20(19)27-22(18)23(28)15-3-6-17(7-4-15)33-14-21(30)26-10-12-29/h3-4,6-8,13,16,23,27,29H,2,5,9-12,14H2,1H3,(H,26,30). The molecule has 1 aliphatic carbocycles. The summed E-state index contributed by atoms with van der Waals surface area (Å²) in [7, 11) is 0. The van der Waals surface area contributed by atoms with Crippen LogP contribution in [-0.4, -0.2) is 65.3 Å². The van der Waals surface area contributed by atoms with Gasteiger partial charge in [0, 0.05) is 29.4 Å². The molecular weight excluding hydrogens is 446 g/mol. The fourth-order valence-electron chi connectivity index (χ4n) is 4.34. The van der Waals surface area contributed by atoms with E-state index >= 15 is 0 Å². The van der Waals surface area contributed by atoms with Crippen LogP contribution in [0.5, 0.6) is 5.75 Å². The first-order chi connectivity index (χ1) is 16.0. The third-order valence-corrected chi connectivity index (χ3v) is 6.10. The molecule has 0 bridgehead atoms. The highest BCUT2D eigenvalue weighted by Crippen LogP contribution is 2.34. The van der Waals surface area contributed by atoms with Crippen LogP contribution >= 0.6 is 11.6 Å². The van der Waals surface area contributed by atoms with Gasteiger partial charge in [0.25, 0.3) is 5.91 Å². The van der Waals surface area contributed by atoms with Crippen LogP contribution in [0.25, 0.3) is 12.2 Å². The Bertz CT molecular complexity index is 1130. The number of alkyl halides is 1. The fourth-order valence-corrected chi connectivity index (χ4v) is 4.55. The number of aliphatic hydroxyl groups excluding tert-OH is 1. The van der Waals surface area contributed by atoms with Gasteiger partial charge >= 0.3 is 6.09 Å². The van der Waals surface area contributed by atoms with Gasteiger partial charge in [-0.15, -0.1) is 11.6 Å². The zero-order chi connectivity index (χ0) is 23.4. The lowest BCUT2D eigenvalue weighted by Gasteiger charge is -2.35. The van der Waals surface area contributed by atoms with Crippen molar-refractivity contribution < 1.29 is 24.2 Å². The van der Waals surface area contributed by atoms with Crippen molar-refractivity contribution in [2.24, 2.45) is 0 Å². The van der Waals surface area contributed by atoms with Crippen LogP contribution in [0, 0.1) is 0 Å². The number of fused-ring (bicyclic) bond motifs is 3. The van der Waals surface area contributed by atoms with E-state index in [0.717, 1.165) is 28.2 Å². The van der Waals surface area contributed by atoms with Crippen molar-refractivity contribution in [1.82, 2.24) is 15.2 Å². The van der Waals surface area contributed by atoms with Gasteiger partial charge in [-0.1, -0.05) is 24.3 Å². The minimum atomic E-state index is -0.357. The van der Waals surface area contributed by atoms with Crippen LogP contribution in [0.2, 0.25) is 0 Å². The van der Waals surface area contributed by atoms with Gasteiger partial charge in [-0.05, 0) is 43.0 Å². The Labute approximate surface area is 196 Å². The molecule has 0 saturated heterocycles. The maximum Gasteiger partial charge on any atom is 0.410 e. The molecule has 0 radical (unpaired) electrons. The average molecular weight is 474 g/mol. The third kappa shape index (κ3) is 5.02. The molecule has 3 N–H and O–H groups in total. The molecule has 0 spiro atoms. The maximum atomic E-state index is 12.8. The Morgan fingerprint density at radius 2 is 2.09 bits per heavy atom. The molecule has 8 nitrogen and oxygen atoms in total. The van der Waals surface area contributed by atoms with Crippen LogP contribution < -0.4 is 20.6 Å². The predicted octanol–water partition coefficient (Wildman–Crippen LogP) is 1.18. The first-order valence-corrected chi connectivity index (χ1v) is 11.6. The highest BCUT2D eigenvalue weighted by atomic mass is 35.5. The highest BCUT2D eigenvalue weighted by Gasteiger charge is 2.35. The number of nitrogens with one attached hydrogen (secondary N) is 2. The van der Waals surface area contributed by atoms with Gasteiger partial charge in [0.05, 0.1) is 18.6 Å². The molecule has 1 aliphatic heterocycles. The molecule has 33 heavy (non-hydrogen) atoms. The lowest BCUT2D eigenvalue weighted by molar-refractivity contribution is -0.123. The second-order valence-electron chi connectivity index (χ2n) is 7.94. The molecule has 0 fully saturated rings. The smallest absolute Gasteiger partial charge is 0.410 e. The number of ether oxygens (including phenoxy) is 2. The van der Waals surface area contributed by atoms with Gasteiger partial charge in [-0.25, -0.2) is 4.79 Å². The summed E-state index contributed by atoms with van der Waals surface area (Å²) in [5.41, 5.74) is 3.05. The van der Waals surface area contributed by atoms with Crippen molar-refractivity contribution in [2.45, 2.75) is 31.2 Å². The number of amides is 2. The van der Waals surface area contributed by atoms with Crippen LogP contribution in [0.3, 0.4) is 0 Å². The number of carbonyl (C=O) groups is 2. The van der Waals surface area contributed by atoms with E-state index in [1.54, 1.807) is 24.0 Å². The number of H-pyrrole nitrogens is 1. The summed E-state index contributed by atoms with van der Waals surface area (Å²) >= 11 is 6.37. The number of hydrogen-bond donors (Lipinski definition) is 3. The molecule has 2 unspecified atom stereocenters. The van der Waals surface area contributed by atoms with E-state index in [2.05, 4.69) is 22.5 Å². The second-order valence-corrected chi connectivity index (χ2v) is 8.50. The van der Waals surface area contributed by atoms with Crippen molar-refractivity contribution >= 4 is 35.8 Å². The zero-order valence-corrected chi connectivity index (χ0v) is 19.2. The van der Waals surface area contributed by atoms with Crippen molar-refractivity contribution in [1.29, 1.82) is 0 Å². The fraction of sp³-hybridized carbons (Fsp3) is 0.417. The Kier molecular flexibility index (Phi) is 7.25. The van der Waals surface area contributed by atoms with E-state index in [1.807, 2.05) is 12.1 Å². The summed E-state index contributed by atoms with van der Waals surface area (Å²) in [6.45, 7) is 2.55. The molecule has 4 rings (SSSR count). The summed E-state index contributed by atoms with van der Waals surface area (Å²) in [6, 6.07) is 7.01. The van der Waals surface area contributed by atoms with E-state index < -0.39 is 0 Å². The zero-order valence-electron chi connectivity index (χ0n) is 18.5. The molecule has 9 heteroatoms. The molecule has 2 amide bonds. The molecular formula is C24H28ClN3O5. The number of benzene rings is 1. The minimum absolute atomic E-state index is 0.0371. The Balaban J connectivity index is 1.63. The van der Waals surface area contributed by atoms with Gasteiger partial charge in [-0.2, -0.15) is 0 Å². The van der Waals surface area contributed by atoms with Crippen molar-refractivity contribution in [3.05, 3.63) is 51.7 Å². The van der Waals surface area contributed by atoms with Gasteiger partial charge in [0.2, 0.25) is 0 Å². The lowest BCUT2D eigenvalue weighted by Crippen LogP contribution is -2.42. The highest BCUT2D eigenvalue weighted by molar-refractivity contribution is 6.24. The first kappa shape index (κ1) is 23.2. The molecule has 2 heterocycles. The van der Waals surface area contributed by atoms with E-state index in [-0.39, 0.29) is 43.2 Å². The Hall–Kier alpha value is -2.97. The number of aromatic nitrogens is 1. The first-order valence-electron chi connectivity index (χ1n) is 11.1. The molecule has 2 aliphatic rings. The molecule has 176 valence electrons. The molecule has 2 aromatic rings. The van der Waals surface area contributed by atoms with E-state index in [1.165, 1.54) is 5.56 Å². The lowest BCUT2D eigenvalue weighted by atomic mass is 9.92. The van der Waals surface area contributed by atoms with Crippen molar-refractivity contribution in [3.8, 4) is 5.75 Å². The number of halogens is 1. The van der Waals surface area contributed by atoms with Crippen LogP contribution in [-0.2, 0) is 16.0 Å². The molecule has 1 aromatic heterocycles. The van der Waals surface area contributed by atoms with Crippen LogP contribution in [0.4, 0.5) is 4.79 Å².